The van der Waals surface area contributed by atoms with E-state index in [1.165, 1.54) is 0 Å². The van der Waals surface area contributed by atoms with Crippen molar-refractivity contribution in [2.45, 2.75) is 19.3 Å². The molecule has 0 spiro atoms. The molecule has 0 bridgehead atoms. The van der Waals surface area contributed by atoms with Gasteiger partial charge < -0.3 is 9.51 Å². The Kier molecular flexibility index (Phi) is 2.96. The molecule has 16 heavy (non-hydrogen) atoms. The first kappa shape index (κ1) is 11.1. The van der Waals surface area contributed by atoms with Gasteiger partial charge in [-0.05, 0) is 28.1 Å². The lowest BCUT2D eigenvalue weighted by Crippen LogP contribution is -2.06. The third-order valence-corrected chi connectivity index (χ3v) is 3.04. The minimum absolute atomic E-state index is 0.0838. The summed E-state index contributed by atoms with van der Waals surface area (Å²) in [6.07, 6.45) is 1.97. The second kappa shape index (κ2) is 4.25. The van der Waals surface area contributed by atoms with Gasteiger partial charge in [0.05, 0.1) is 11.9 Å². The molecule has 1 N–H and O–H groups in total. The van der Waals surface area contributed by atoms with Crippen LogP contribution >= 0.6 is 15.9 Å². The number of halogens is 1. The number of carboxylic acids is 1. The molecular weight excluding hydrogens is 272 g/mol. The highest BCUT2D eigenvalue weighted by Gasteiger charge is 2.17. The van der Waals surface area contributed by atoms with Crippen LogP contribution in [-0.4, -0.2) is 20.5 Å². The average molecular weight is 283 g/mol. The van der Waals surface area contributed by atoms with E-state index in [0.29, 0.717) is 0 Å². The Morgan fingerprint density at radius 1 is 1.62 bits per heavy atom. The molecule has 0 fully saturated rings. The summed E-state index contributed by atoms with van der Waals surface area (Å²) < 4.78 is 2.66. The van der Waals surface area contributed by atoms with Crippen LogP contribution in [0.4, 0.5) is 0 Å². The minimum Gasteiger partial charge on any atom is -0.481 e. The first-order valence-electron chi connectivity index (χ1n) is 4.94. The summed E-state index contributed by atoms with van der Waals surface area (Å²) in [5, 5.41) is 8.78. The highest BCUT2D eigenvalue weighted by atomic mass is 79.9. The Bertz CT molecular complexity index is 536. The lowest BCUT2D eigenvalue weighted by molar-refractivity contribution is -0.137. The highest BCUT2D eigenvalue weighted by Crippen LogP contribution is 2.25. The molecule has 84 valence electrons. The third-order valence-electron chi connectivity index (χ3n) is 2.45. The van der Waals surface area contributed by atoms with Crippen molar-refractivity contribution in [1.82, 2.24) is 9.38 Å². The number of imidazole rings is 1. The standard InChI is InChI=1S/C11H11BrN2O2/c1-7(6-9(15)16)11-13-10(12)8-4-2-3-5-14(8)11/h2-5,7H,6H2,1H3,(H,15,16). The zero-order valence-electron chi connectivity index (χ0n) is 8.72. The molecule has 1 atom stereocenters. The van der Waals surface area contributed by atoms with Gasteiger partial charge in [0.15, 0.2) is 0 Å². The zero-order valence-corrected chi connectivity index (χ0v) is 10.3. The summed E-state index contributed by atoms with van der Waals surface area (Å²) in [7, 11) is 0. The van der Waals surface area contributed by atoms with Crippen LogP contribution in [0, 0.1) is 0 Å². The number of aliphatic carboxylic acids is 1. The van der Waals surface area contributed by atoms with Crippen LogP contribution in [0.5, 0.6) is 0 Å². The van der Waals surface area contributed by atoms with Crippen molar-refractivity contribution in [2.75, 3.05) is 0 Å². The van der Waals surface area contributed by atoms with Gasteiger partial charge in [0.1, 0.15) is 10.4 Å². The number of rotatable bonds is 3. The first-order valence-corrected chi connectivity index (χ1v) is 5.73. The van der Waals surface area contributed by atoms with Crippen molar-refractivity contribution in [3.05, 3.63) is 34.8 Å². The number of aromatic nitrogens is 2. The van der Waals surface area contributed by atoms with E-state index >= 15 is 0 Å². The second-order valence-corrected chi connectivity index (χ2v) is 4.47. The summed E-state index contributed by atoms with van der Waals surface area (Å²) >= 11 is 3.37. The summed E-state index contributed by atoms with van der Waals surface area (Å²) in [6, 6.07) is 5.76. The van der Waals surface area contributed by atoms with E-state index in [4.69, 9.17) is 5.11 Å². The molecule has 0 radical (unpaired) electrons. The second-order valence-electron chi connectivity index (χ2n) is 3.72. The van der Waals surface area contributed by atoms with E-state index in [1.54, 1.807) is 0 Å². The van der Waals surface area contributed by atoms with Crippen LogP contribution < -0.4 is 0 Å². The van der Waals surface area contributed by atoms with Crippen LogP contribution in [0.3, 0.4) is 0 Å². The molecule has 0 aliphatic heterocycles. The first-order chi connectivity index (χ1) is 7.59. The molecule has 2 heterocycles. The predicted molar refractivity (Wildman–Crippen MR) is 63.6 cm³/mol. The monoisotopic (exact) mass is 282 g/mol. The fourth-order valence-electron chi connectivity index (χ4n) is 1.72. The van der Waals surface area contributed by atoms with Gasteiger partial charge in [0.2, 0.25) is 0 Å². The Balaban J connectivity index is 2.48. The molecule has 0 aliphatic carbocycles. The topological polar surface area (TPSA) is 54.6 Å². The molecule has 0 saturated heterocycles. The molecule has 0 aromatic carbocycles. The molecule has 0 amide bonds. The average Bonchev–Trinajstić information content (AvgIpc) is 2.56. The molecule has 2 aromatic heterocycles. The van der Waals surface area contributed by atoms with Crippen LogP contribution in [-0.2, 0) is 4.79 Å². The number of carbonyl (C=O) groups is 1. The molecular formula is C11H11BrN2O2. The fourth-order valence-corrected chi connectivity index (χ4v) is 2.23. The van der Waals surface area contributed by atoms with Gasteiger partial charge in [0.25, 0.3) is 0 Å². The lowest BCUT2D eigenvalue weighted by atomic mass is 10.1. The normalized spacial score (nSPS) is 12.9. The number of fused-ring (bicyclic) bond motifs is 1. The molecule has 0 aliphatic rings. The van der Waals surface area contributed by atoms with Crippen LogP contribution in [0.15, 0.2) is 29.0 Å². The number of nitrogens with zero attached hydrogens (tertiary/aromatic N) is 2. The zero-order chi connectivity index (χ0) is 11.7. The van der Waals surface area contributed by atoms with E-state index < -0.39 is 5.97 Å². The summed E-state index contributed by atoms with van der Waals surface area (Å²) in [5.41, 5.74) is 0.953. The quantitative estimate of drug-likeness (QED) is 0.942. The van der Waals surface area contributed by atoms with Crippen LogP contribution in [0.25, 0.3) is 5.52 Å². The molecule has 1 unspecified atom stereocenters. The number of carboxylic acid groups (broad SMARTS) is 1. The van der Waals surface area contributed by atoms with Gasteiger partial charge in [-0.3, -0.25) is 4.79 Å². The maximum Gasteiger partial charge on any atom is 0.304 e. The van der Waals surface area contributed by atoms with Crippen molar-refractivity contribution >= 4 is 27.4 Å². The van der Waals surface area contributed by atoms with E-state index in [9.17, 15) is 4.79 Å². The van der Waals surface area contributed by atoms with Gasteiger partial charge in [0, 0.05) is 12.1 Å². The Morgan fingerprint density at radius 2 is 2.38 bits per heavy atom. The Hall–Kier alpha value is -1.36. The summed E-state index contributed by atoms with van der Waals surface area (Å²) in [5.74, 6) is -0.153. The smallest absolute Gasteiger partial charge is 0.304 e. The third kappa shape index (κ3) is 1.95. The molecule has 2 rings (SSSR count). The Morgan fingerprint density at radius 3 is 3.06 bits per heavy atom. The molecule has 4 nitrogen and oxygen atoms in total. The van der Waals surface area contributed by atoms with Gasteiger partial charge in [-0.2, -0.15) is 0 Å². The molecule has 2 aromatic rings. The maximum absolute atomic E-state index is 10.7. The highest BCUT2D eigenvalue weighted by molar-refractivity contribution is 9.10. The summed E-state index contributed by atoms with van der Waals surface area (Å²) in [4.78, 5) is 15.0. The van der Waals surface area contributed by atoms with Gasteiger partial charge in [-0.15, -0.1) is 0 Å². The fraction of sp³-hybridized carbons (Fsp3) is 0.273. The van der Waals surface area contributed by atoms with Crippen molar-refractivity contribution in [3.8, 4) is 0 Å². The van der Waals surface area contributed by atoms with E-state index in [1.807, 2.05) is 35.7 Å². The number of pyridine rings is 1. The minimum atomic E-state index is -0.809. The largest absolute Gasteiger partial charge is 0.481 e. The maximum atomic E-state index is 10.7. The predicted octanol–water partition coefficient (Wildman–Crippen LogP) is 2.68. The summed E-state index contributed by atoms with van der Waals surface area (Å²) in [6.45, 7) is 1.86. The van der Waals surface area contributed by atoms with Crippen molar-refractivity contribution in [1.29, 1.82) is 0 Å². The van der Waals surface area contributed by atoms with E-state index in [-0.39, 0.29) is 12.3 Å². The van der Waals surface area contributed by atoms with Crippen LogP contribution in [0.1, 0.15) is 25.1 Å². The van der Waals surface area contributed by atoms with E-state index in [0.717, 1.165) is 15.9 Å². The van der Waals surface area contributed by atoms with Crippen molar-refractivity contribution < 1.29 is 9.90 Å². The lowest BCUT2D eigenvalue weighted by Gasteiger charge is -2.06. The molecule has 0 saturated carbocycles. The number of hydrogen-bond acceptors (Lipinski definition) is 2. The van der Waals surface area contributed by atoms with Crippen LogP contribution in [0.2, 0.25) is 0 Å². The van der Waals surface area contributed by atoms with Gasteiger partial charge in [-0.25, -0.2) is 4.98 Å². The van der Waals surface area contributed by atoms with Crippen molar-refractivity contribution in [2.24, 2.45) is 0 Å². The van der Waals surface area contributed by atoms with Gasteiger partial charge >= 0.3 is 5.97 Å². The SMILES string of the molecule is CC(CC(=O)O)c1nc(Br)c2ccccn12. The van der Waals surface area contributed by atoms with Gasteiger partial charge in [-0.1, -0.05) is 13.0 Å². The number of hydrogen-bond donors (Lipinski definition) is 1. The molecule has 5 heteroatoms. The van der Waals surface area contributed by atoms with Crippen molar-refractivity contribution in [3.63, 3.8) is 0 Å². The Labute approximate surface area is 101 Å². The van der Waals surface area contributed by atoms with E-state index in [2.05, 4.69) is 20.9 Å².